The van der Waals surface area contributed by atoms with E-state index in [1.165, 1.54) is 91.9 Å². The smallest absolute Gasteiger partial charge is 0.0428 e. The minimum atomic E-state index is 0.547. The van der Waals surface area contributed by atoms with Crippen LogP contribution >= 0.6 is 0 Å². The Bertz CT molecular complexity index is 3740. The molecule has 2 unspecified atom stereocenters. The van der Waals surface area contributed by atoms with Crippen LogP contribution < -0.4 is 0 Å². The van der Waals surface area contributed by atoms with Gasteiger partial charge in [-0.1, -0.05) is 590 Å². The van der Waals surface area contributed by atoms with E-state index in [1.807, 2.05) is 281 Å². The van der Waals surface area contributed by atoms with E-state index in [1.54, 1.807) is 44.3 Å². The zero-order valence-electron chi connectivity index (χ0n) is 98.4. The second kappa shape index (κ2) is 117. The van der Waals surface area contributed by atoms with E-state index in [2.05, 4.69) is 377 Å². The molecule has 5 heteroatoms. The van der Waals surface area contributed by atoms with E-state index in [-0.39, 0.29) is 0 Å². The van der Waals surface area contributed by atoms with Crippen LogP contribution in [0.4, 0.5) is 0 Å². The van der Waals surface area contributed by atoms with Crippen molar-refractivity contribution in [3.8, 4) is 0 Å². The van der Waals surface area contributed by atoms with Gasteiger partial charge in [-0.05, 0) is 196 Å². The predicted molar refractivity (Wildman–Crippen MR) is 642 cm³/mol. The molecule has 0 bridgehead atoms. The van der Waals surface area contributed by atoms with E-state index in [9.17, 15) is 0 Å². The average Bonchev–Trinajstić information content (AvgIpc) is 1.08. The summed E-state index contributed by atoms with van der Waals surface area (Å²) in [6.07, 6.45) is 38.1. The molecule has 12 aromatic rings. The van der Waals surface area contributed by atoms with Crippen molar-refractivity contribution in [3.05, 3.63) is 391 Å². The van der Waals surface area contributed by atoms with Gasteiger partial charge in [-0.15, -0.1) is 0 Å². The Labute approximate surface area is 866 Å². The van der Waals surface area contributed by atoms with Crippen molar-refractivity contribution in [2.75, 3.05) is 0 Å². The highest BCUT2D eigenvalue weighted by molar-refractivity contribution is 5.82. The summed E-state index contributed by atoms with van der Waals surface area (Å²) in [5.74, 6) is 9.75. The van der Waals surface area contributed by atoms with Crippen molar-refractivity contribution in [1.29, 1.82) is 0 Å². The topological polar surface area (TPSA) is 64.5 Å². The molecule has 0 radical (unpaired) electrons. The Kier molecular flexibility index (Phi) is 125. The lowest BCUT2D eigenvalue weighted by Crippen LogP contribution is -2.12. The van der Waals surface area contributed by atoms with E-state index < -0.39 is 0 Å². The first kappa shape index (κ1) is 149. The molecule has 2 atom stereocenters. The van der Waals surface area contributed by atoms with Crippen molar-refractivity contribution in [3.63, 3.8) is 0 Å². The lowest BCUT2D eigenvalue weighted by molar-refractivity contribution is 0.277. The molecule has 2 saturated carbocycles. The van der Waals surface area contributed by atoms with Crippen LogP contribution in [0.5, 0.6) is 0 Å². The number of hydrogen-bond acceptors (Lipinski definition) is 5. The summed E-state index contributed by atoms with van der Waals surface area (Å²) in [6, 6.07) is 90.2. The quantitative estimate of drug-likeness (QED) is 0.176. The number of nitrogens with zero attached hydrogens (tertiary/aromatic N) is 5. The minimum Gasteiger partial charge on any atom is -0.265 e. The van der Waals surface area contributed by atoms with Crippen molar-refractivity contribution >= 4 is 22.9 Å². The van der Waals surface area contributed by atoms with Crippen LogP contribution in [0, 0.1) is 61.2 Å². The highest BCUT2D eigenvalue weighted by Gasteiger charge is 2.29. The SMILES string of the molecule is C1=Cc2ccccc2C1.C1=Cc2cnccc2C1.C1CCC2CCCC2C1.CC.CC.CC.CC.CC.CC.CC.CC.CC(C)C.CC(C)C.CC(C)C.CC(C)C.CC(C)C.CC(C)C.CC(C)c1ccccc1.CC(C)c1ccccn1.CC(C)c1cccnc1.CC(C)c1ccncc1.Cc1ccccc1.Cc1ccccc1.c1ccc2ccccc2c1.c1ccccc1.c1ccncc1. The molecule has 16 rings (SSSR count). The van der Waals surface area contributed by atoms with Gasteiger partial charge in [0, 0.05) is 61.5 Å². The van der Waals surface area contributed by atoms with E-state index >= 15 is 0 Å². The Morgan fingerprint density at radius 1 is 0.216 bits per heavy atom. The third-order valence-corrected chi connectivity index (χ3v) is 16.7. The molecule has 5 nitrogen and oxygen atoms in total. The molecule has 780 valence electrons. The van der Waals surface area contributed by atoms with Gasteiger partial charge in [0.2, 0.25) is 0 Å². The van der Waals surface area contributed by atoms with Crippen LogP contribution in [0.1, 0.15) is 415 Å². The molecule has 0 spiro atoms. The van der Waals surface area contributed by atoms with E-state index in [0.717, 1.165) is 54.0 Å². The number of hydrogen-bond donors (Lipinski definition) is 0. The summed E-state index contributed by atoms with van der Waals surface area (Å²) in [7, 11) is 0. The second-order valence-corrected chi connectivity index (χ2v) is 36.3. The van der Waals surface area contributed by atoms with Gasteiger partial charge >= 0.3 is 0 Å². The largest absolute Gasteiger partial charge is 0.265 e. The maximum Gasteiger partial charge on any atom is 0.0428 e. The van der Waals surface area contributed by atoms with Gasteiger partial charge in [-0.25, -0.2) is 0 Å². The lowest BCUT2D eigenvalue weighted by atomic mass is 9.82. The molecular formula is C134H219N5. The number of benzene rings is 7. The van der Waals surface area contributed by atoms with Gasteiger partial charge < -0.3 is 0 Å². The van der Waals surface area contributed by atoms with Crippen molar-refractivity contribution in [1.82, 2.24) is 24.9 Å². The summed E-state index contributed by atoms with van der Waals surface area (Å²) in [6.45, 7) is 92.5. The molecule has 0 amide bonds. The number of fused-ring (bicyclic) bond motifs is 4. The van der Waals surface area contributed by atoms with Crippen LogP contribution in [0.15, 0.2) is 335 Å². The van der Waals surface area contributed by atoms with Gasteiger partial charge in [0.1, 0.15) is 0 Å². The van der Waals surface area contributed by atoms with Gasteiger partial charge in [0.25, 0.3) is 0 Å². The summed E-state index contributed by atoms with van der Waals surface area (Å²) in [5, 5.41) is 2.62. The standard InChI is InChI=1S/C10H8.C9H16.C9H8.C9H12.C8H7N.3C8H11N.2C7H8.C6H6.C5H5N.6C4H10.8C2H6/c1-2-6-10-8-4-3-7-9(10)5-1;2*1-2-5-9-7-3-6-8(9)4-1;1-8(2)9-6-4-3-5-7-9;1-2-7-4-5-9-6-8(7)3-1;1-7(2)8-3-5-9-6-4-8;1-7(2)8-4-3-5-9-6-8;1-7(2)8-5-3-4-6-9-8;2*1-7-5-3-2-4-6-7;2*1-2-4-6-5-3-1;6*1-4(2)3;8*1-2/h1-8H;8-9H,1-7H2;1-6H,7H2;3-8H,1-2H3;1,3-6H,2H2;3*3-7H,1-2H3;2*2-6H,1H3;1-6H;1-5H;6*4H,1-3H3;8*1-2H3. The van der Waals surface area contributed by atoms with Gasteiger partial charge in [0.15, 0.2) is 0 Å². The zero-order chi connectivity index (χ0) is 108. The first-order valence-electron chi connectivity index (χ1n) is 54.2. The lowest BCUT2D eigenvalue weighted by Gasteiger charge is -2.24. The Morgan fingerprint density at radius 2 is 0.482 bits per heavy atom. The number of allylic oxidation sites excluding steroid dienone is 2. The fourth-order valence-electron chi connectivity index (χ4n) is 10.9. The molecule has 5 heterocycles. The molecule has 0 N–H and O–H groups in total. The normalized spacial score (nSPS) is 11.4. The fourth-order valence-corrected chi connectivity index (χ4v) is 10.9. The van der Waals surface area contributed by atoms with Crippen molar-refractivity contribution in [2.45, 2.75) is 386 Å². The first-order chi connectivity index (χ1) is 66.8. The summed E-state index contributed by atoms with van der Waals surface area (Å²) in [5.41, 5.74) is 13.4. The molecule has 4 aliphatic rings. The molecule has 4 aliphatic carbocycles. The van der Waals surface area contributed by atoms with Crippen LogP contribution in [0.2, 0.25) is 0 Å². The fraction of sp³-hybridized carbons (Fsp3) is 0.485. The third kappa shape index (κ3) is 112. The highest BCUT2D eigenvalue weighted by atomic mass is 14.7. The monoisotopic (exact) mass is 1900 g/mol. The minimum absolute atomic E-state index is 0.547. The number of aromatic nitrogens is 5. The predicted octanol–water partition coefficient (Wildman–Crippen LogP) is 44.1. The number of aryl methyl sites for hydroxylation is 2. The molecule has 2 fully saturated rings. The molecular weight excluding hydrogens is 1680 g/mol. The van der Waals surface area contributed by atoms with Gasteiger partial charge in [-0.2, -0.15) is 0 Å². The highest BCUT2D eigenvalue weighted by Crippen LogP contribution is 2.41. The first-order valence-corrected chi connectivity index (χ1v) is 54.2. The van der Waals surface area contributed by atoms with E-state index in [0.29, 0.717) is 23.7 Å². The van der Waals surface area contributed by atoms with Crippen LogP contribution in [0.3, 0.4) is 0 Å². The maximum absolute atomic E-state index is 4.18. The molecule has 139 heavy (non-hydrogen) atoms. The van der Waals surface area contributed by atoms with Crippen LogP contribution in [-0.2, 0) is 12.8 Å². The number of rotatable bonds is 4. The number of pyridine rings is 5. The Hall–Kier alpha value is -9.97. The molecule has 5 aromatic heterocycles. The zero-order valence-corrected chi connectivity index (χ0v) is 98.4. The van der Waals surface area contributed by atoms with Gasteiger partial charge in [-0.3, -0.25) is 24.9 Å². The third-order valence-electron chi connectivity index (χ3n) is 16.7. The van der Waals surface area contributed by atoms with E-state index in [4.69, 9.17) is 0 Å². The van der Waals surface area contributed by atoms with Crippen LogP contribution in [0.25, 0.3) is 22.9 Å². The summed E-state index contributed by atoms with van der Waals surface area (Å²) >= 11 is 0. The second-order valence-electron chi connectivity index (χ2n) is 36.3. The summed E-state index contributed by atoms with van der Waals surface area (Å²) < 4.78 is 0. The van der Waals surface area contributed by atoms with Crippen LogP contribution in [-0.4, -0.2) is 24.9 Å². The molecule has 0 aliphatic heterocycles. The Balaban J connectivity index is -0.000000158. The summed E-state index contributed by atoms with van der Waals surface area (Å²) in [4.78, 5) is 19.9. The molecule has 7 aromatic carbocycles. The maximum atomic E-state index is 4.18. The van der Waals surface area contributed by atoms with Crippen molar-refractivity contribution < 1.29 is 0 Å². The van der Waals surface area contributed by atoms with Gasteiger partial charge in [0.05, 0.1) is 0 Å². The Morgan fingerprint density at radius 3 is 0.748 bits per heavy atom. The average molecular weight is 1900 g/mol. The van der Waals surface area contributed by atoms with Crippen molar-refractivity contribution in [2.24, 2.45) is 47.3 Å². The molecule has 0 saturated heterocycles.